The molecule has 0 saturated carbocycles. The average Bonchev–Trinajstić information content (AvgIpc) is 2.75. The Bertz CT molecular complexity index is 473. The molecular weight excluding hydrogens is 214 g/mol. The van der Waals surface area contributed by atoms with Gasteiger partial charge in [-0.2, -0.15) is 0 Å². The van der Waals surface area contributed by atoms with E-state index in [9.17, 15) is 0 Å². The number of aliphatic hydroxyl groups excluding tert-OH is 1. The van der Waals surface area contributed by atoms with Crippen LogP contribution in [-0.2, 0) is 13.2 Å². The molecule has 0 amide bonds. The number of furan rings is 1. The van der Waals surface area contributed by atoms with Crippen LogP contribution in [0, 0.1) is 6.92 Å². The van der Waals surface area contributed by atoms with Crippen LogP contribution in [0.25, 0.3) is 0 Å². The second kappa shape index (κ2) is 5.06. The summed E-state index contributed by atoms with van der Waals surface area (Å²) in [6.45, 7) is 2.88. The number of rotatable bonds is 4. The molecule has 1 heterocycles. The number of nitrogens with zero attached hydrogens (tertiary/aromatic N) is 1. The van der Waals surface area contributed by atoms with Crippen molar-refractivity contribution in [3.05, 3.63) is 53.5 Å². The zero-order valence-corrected chi connectivity index (χ0v) is 10.2. The Kier molecular flexibility index (Phi) is 3.49. The second-order valence-electron chi connectivity index (χ2n) is 4.18. The lowest BCUT2D eigenvalue weighted by Crippen LogP contribution is -2.16. The maximum absolute atomic E-state index is 8.98. The van der Waals surface area contributed by atoms with Crippen molar-refractivity contribution >= 4 is 5.69 Å². The van der Waals surface area contributed by atoms with Crippen LogP contribution in [0.5, 0.6) is 0 Å². The number of hydrogen-bond acceptors (Lipinski definition) is 3. The Balaban J connectivity index is 2.09. The highest BCUT2D eigenvalue weighted by molar-refractivity contribution is 5.47. The highest BCUT2D eigenvalue weighted by Crippen LogP contribution is 2.18. The largest absolute Gasteiger partial charge is 0.469 e. The number of hydrogen-bond donors (Lipinski definition) is 1. The fourth-order valence-corrected chi connectivity index (χ4v) is 1.78. The van der Waals surface area contributed by atoms with Gasteiger partial charge in [-0.15, -0.1) is 0 Å². The molecule has 0 aliphatic carbocycles. The molecule has 0 atom stereocenters. The summed E-state index contributed by atoms with van der Waals surface area (Å²) in [5.74, 6) is 0.962. The molecule has 3 heteroatoms. The average molecular weight is 231 g/mol. The molecule has 0 saturated heterocycles. The van der Waals surface area contributed by atoms with Crippen molar-refractivity contribution in [1.29, 1.82) is 0 Å². The second-order valence-corrected chi connectivity index (χ2v) is 4.18. The van der Waals surface area contributed by atoms with Crippen molar-refractivity contribution in [2.45, 2.75) is 20.1 Å². The quantitative estimate of drug-likeness (QED) is 0.879. The van der Waals surface area contributed by atoms with Crippen LogP contribution >= 0.6 is 0 Å². The highest BCUT2D eigenvalue weighted by Gasteiger charge is 2.06. The molecule has 0 fully saturated rings. The molecule has 2 aromatic rings. The first-order chi connectivity index (χ1) is 8.20. The van der Waals surface area contributed by atoms with Crippen LogP contribution in [0.1, 0.15) is 16.9 Å². The van der Waals surface area contributed by atoms with E-state index in [1.54, 1.807) is 6.26 Å². The van der Waals surface area contributed by atoms with Gasteiger partial charge in [0.05, 0.1) is 12.9 Å². The van der Waals surface area contributed by atoms with Gasteiger partial charge in [0.2, 0.25) is 0 Å². The topological polar surface area (TPSA) is 36.6 Å². The molecule has 90 valence electrons. The van der Waals surface area contributed by atoms with E-state index in [0.29, 0.717) is 0 Å². The summed E-state index contributed by atoms with van der Waals surface area (Å²) in [5.41, 5.74) is 3.25. The van der Waals surface area contributed by atoms with Gasteiger partial charge in [0.1, 0.15) is 5.76 Å². The minimum Gasteiger partial charge on any atom is -0.469 e. The van der Waals surface area contributed by atoms with E-state index in [2.05, 4.69) is 4.90 Å². The first-order valence-corrected chi connectivity index (χ1v) is 5.64. The molecule has 1 N–H and O–H groups in total. The Morgan fingerprint density at radius 1 is 1.18 bits per heavy atom. The predicted molar refractivity (Wildman–Crippen MR) is 67.9 cm³/mol. The third kappa shape index (κ3) is 2.68. The molecule has 0 spiro atoms. The van der Waals surface area contributed by atoms with Crippen molar-refractivity contribution < 1.29 is 9.52 Å². The van der Waals surface area contributed by atoms with Crippen molar-refractivity contribution in [2.24, 2.45) is 0 Å². The van der Waals surface area contributed by atoms with Gasteiger partial charge < -0.3 is 14.4 Å². The van der Waals surface area contributed by atoms with E-state index in [-0.39, 0.29) is 6.61 Å². The van der Waals surface area contributed by atoms with Gasteiger partial charge in [-0.1, -0.05) is 12.1 Å². The summed E-state index contributed by atoms with van der Waals surface area (Å²) in [4.78, 5) is 2.15. The summed E-state index contributed by atoms with van der Waals surface area (Å²) >= 11 is 0. The van der Waals surface area contributed by atoms with Crippen molar-refractivity contribution in [1.82, 2.24) is 0 Å². The van der Waals surface area contributed by atoms with Gasteiger partial charge >= 0.3 is 0 Å². The van der Waals surface area contributed by atoms with Crippen LogP contribution in [0.2, 0.25) is 0 Å². The summed E-state index contributed by atoms with van der Waals surface area (Å²) in [7, 11) is 2.04. The lowest BCUT2D eigenvalue weighted by Gasteiger charge is -2.19. The minimum atomic E-state index is 0.0881. The van der Waals surface area contributed by atoms with Gasteiger partial charge in [0, 0.05) is 24.8 Å². The molecule has 1 aromatic heterocycles. The van der Waals surface area contributed by atoms with Crippen molar-refractivity contribution in [3.8, 4) is 0 Å². The highest BCUT2D eigenvalue weighted by atomic mass is 16.3. The monoisotopic (exact) mass is 231 g/mol. The fourth-order valence-electron chi connectivity index (χ4n) is 1.78. The summed E-state index contributed by atoms with van der Waals surface area (Å²) < 4.78 is 5.28. The standard InChI is InChI=1S/C14H17NO2/c1-11-13(7-8-17-11)9-15(2)14-5-3-12(10-16)4-6-14/h3-8,16H,9-10H2,1-2H3. The van der Waals surface area contributed by atoms with Crippen molar-refractivity contribution in [3.63, 3.8) is 0 Å². The summed E-state index contributed by atoms with van der Waals surface area (Å²) in [5, 5.41) is 8.98. The molecule has 0 aliphatic heterocycles. The molecule has 1 aromatic carbocycles. The van der Waals surface area contributed by atoms with E-state index in [0.717, 1.165) is 23.6 Å². The molecule has 0 radical (unpaired) electrons. The lowest BCUT2D eigenvalue weighted by atomic mass is 10.2. The first-order valence-electron chi connectivity index (χ1n) is 5.64. The van der Waals surface area contributed by atoms with E-state index in [1.165, 1.54) is 5.56 Å². The van der Waals surface area contributed by atoms with E-state index < -0.39 is 0 Å². The number of anilines is 1. The van der Waals surface area contributed by atoms with Crippen LogP contribution in [-0.4, -0.2) is 12.2 Å². The zero-order valence-electron chi connectivity index (χ0n) is 10.2. The van der Waals surface area contributed by atoms with E-state index in [1.807, 2.05) is 44.3 Å². The fraction of sp³-hybridized carbons (Fsp3) is 0.286. The number of aryl methyl sites for hydroxylation is 1. The molecule has 2 rings (SSSR count). The molecule has 0 bridgehead atoms. The van der Waals surface area contributed by atoms with Crippen LogP contribution < -0.4 is 4.90 Å². The molecule has 0 unspecified atom stereocenters. The van der Waals surface area contributed by atoms with Gasteiger partial charge in [-0.25, -0.2) is 0 Å². The van der Waals surface area contributed by atoms with Crippen LogP contribution in [0.3, 0.4) is 0 Å². The van der Waals surface area contributed by atoms with E-state index >= 15 is 0 Å². The maximum atomic E-state index is 8.98. The minimum absolute atomic E-state index is 0.0881. The van der Waals surface area contributed by atoms with Gasteiger partial charge in [-0.3, -0.25) is 0 Å². The SMILES string of the molecule is Cc1occc1CN(C)c1ccc(CO)cc1. The maximum Gasteiger partial charge on any atom is 0.105 e. The zero-order chi connectivity index (χ0) is 12.3. The molecule has 17 heavy (non-hydrogen) atoms. The summed E-state index contributed by atoms with van der Waals surface area (Å²) in [6, 6.07) is 9.90. The normalized spacial score (nSPS) is 10.5. The van der Waals surface area contributed by atoms with E-state index in [4.69, 9.17) is 9.52 Å². The third-order valence-electron chi connectivity index (χ3n) is 2.93. The Hall–Kier alpha value is -1.74. The smallest absolute Gasteiger partial charge is 0.105 e. The molecule has 0 aliphatic rings. The third-order valence-corrected chi connectivity index (χ3v) is 2.93. The van der Waals surface area contributed by atoms with Crippen LogP contribution in [0.4, 0.5) is 5.69 Å². The summed E-state index contributed by atoms with van der Waals surface area (Å²) in [6.07, 6.45) is 1.72. The predicted octanol–water partition coefficient (Wildman–Crippen LogP) is 2.72. The van der Waals surface area contributed by atoms with Crippen molar-refractivity contribution in [2.75, 3.05) is 11.9 Å². The Morgan fingerprint density at radius 3 is 2.41 bits per heavy atom. The van der Waals surface area contributed by atoms with Gasteiger partial charge in [0.25, 0.3) is 0 Å². The van der Waals surface area contributed by atoms with Gasteiger partial charge in [-0.05, 0) is 30.7 Å². The van der Waals surface area contributed by atoms with Crippen LogP contribution in [0.15, 0.2) is 41.0 Å². The first kappa shape index (κ1) is 11.7. The number of aliphatic hydroxyl groups is 1. The lowest BCUT2D eigenvalue weighted by molar-refractivity contribution is 0.282. The Labute approximate surface area is 101 Å². The Morgan fingerprint density at radius 2 is 1.88 bits per heavy atom. The molecular formula is C14H17NO2. The van der Waals surface area contributed by atoms with Gasteiger partial charge in [0.15, 0.2) is 0 Å². The molecule has 3 nitrogen and oxygen atoms in total. The number of benzene rings is 1.